The molecule has 0 saturated carbocycles. The Morgan fingerprint density at radius 3 is 2.14 bits per heavy atom. The SMILES string of the molecule is CCC(C)c1c(Br)nc(SC)nc1Br. The van der Waals surface area contributed by atoms with Gasteiger partial charge in [0.1, 0.15) is 9.21 Å². The first-order valence-electron chi connectivity index (χ1n) is 4.37. The highest BCUT2D eigenvalue weighted by molar-refractivity contribution is 9.11. The highest BCUT2D eigenvalue weighted by atomic mass is 79.9. The first-order chi connectivity index (χ1) is 6.60. The minimum Gasteiger partial charge on any atom is -0.215 e. The number of halogens is 2. The molecule has 5 heteroatoms. The smallest absolute Gasteiger partial charge is 0.189 e. The summed E-state index contributed by atoms with van der Waals surface area (Å²) in [6, 6.07) is 0. The molecule has 1 atom stereocenters. The second-order valence-corrected chi connectivity index (χ2v) is 5.29. The monoisotopic (exact) mass is 338 g/mol. The number of rotatable bonds is 3. The molecule has 0 aliphatic rings. The molecular weight excluding hydrogens is 328 g/mol. The van der Waals surface area contributed by atoms with Crippen molar-refractivity contribution in [3.63, 3.8) is 0 Å². The summed E-state index contributed by atoms with van der Waals surface area (Å²) in [5, 5.41) is 0.788. The van der Waals surface area contributed by atoms with Crippen molar-refractivity contribution in [1.82, 2.24) is 9.97 Å². The van der Waals surface area contributed by atoms with Gasteiger partial charge in [0.25, 0.3) is 0 Å². The van der Waals surface area contributed by atoms with Crippen LogP contribution in [-0.2, 0) is 0 Å². The highest BCUT2D eigenvalue weighted by Crippen LogP contribution is 2.32. The minimum absolute atomic E-state index is 0.467. The second-order valence-electron chi connectivity index (χ2n) is 3.01. The van der Waals surface area contributed by atoms with Crippen molar-refractivity contribution < 1.29 is 0 Å². The van der Waals surface area contributed by atoms with Gasteiger partial charge in [-0.05, 0) is 50.5 Å². The quantitative estimate of drug-likeness (QED) is 0.468. The molecule has 0 aromatic carbocycles. The van der Waals surface area contributed by atoms with E-state index in [-0.39, 0.29) is 0 Å². The maximum Gasteiger partial charge on any atom is 0.189 e. The van der Waals surface area contributed by atoms with Gasteiger partial charge in [0, 0.05) is 5.56 Å². The standard InChI is InChI=1S/C9H12Br2N2S/c1-4-5(2)6-7(10)12-9(14-3)13-8(6)11/h5H,4H2,1-3H3. The summed E-state index contributed by atoms with van der Waals surface area (Å²) < 4.78 is 1.80. The van der Waals surface area contributed by atoms with Gasteiger partial charge in [0.05, 0.1) is 0 Å². The first kappa shape index (κ1) is 12.5. The van der Waals surface area contributed by atoms with E-state index >= 15 is 0 Å². The summed E-state index contributed by atoms with van der Waals surface area (Å²) in [6.45, 7) is 4.33. The third-order valence-corrected chi connectivity index (χ3v) is 3.88. The summed E-state index contributed by atoms with van der Waals surface area (Å²) in [5.41, 5.74) is 1.16. The van der Waals surface area contributed by atoms with Crippen LogP contribution in [-0.4, -0.2) is 16.2 Å². The van der Waals surface area contributed by atoms with Gasteiger partial charge in [0.15, 0.2) is 5.16 Å². The van der Waals surface area contributed by atoms with Crippen molar-refractivity contribution in [2.24, 2.45) is 0 Å². The molecule has 1 aromatic rings. The maximum absolute atomic E-state index is 4.36. The Hall–Kier alpha value is 0.390. The van der Waals surface area contributed by atoms with E-state index in [2.05, 4.69) is 55.7 Å². The molecule has 1 heterocycles. The molecule has 0 bridgehead atoms. The summed E-state index contributed by atoms with van der Waals surface area (Å²) in [6.07, 6.45) is 3.05. The van der Waals surface area contributed by atoms with Crippen LogP contribution in [0.1, 0.15) is 31.7 Å². The number of thioether (sulfide) groups is 1. The van der Waals surface area contributed by atoms with E-state index in [1.54, 1.807) is 11.8 Å². The van der Waals surface area contributed by atoms with Crippen LogP contribution in [0.15, 0.2) is 14.4 Å². The minimum atomic E-state index is 0.467. The van der Waals surface area contributed by atoms with E-state index < -0.39 is 0 Å². The van der Waals surface area contributed by atoms with Crippen molar-refractivity contribution in [2.45, 2.75) is 31.3 Å². The molecule has 1 unspecified atom stereocenters. The molecule has 0 aliphatic heterocycles. The fourth-order valence-electron chi connectivity index (χ4n) is 1.10. The summed E-state index contributed by atoms with van der Waals surface area (Å²) in [7, 11) is 0. The van der Waals surface area contributed by atoms with Gasteiger partial charge in [-0.3, -0.25) is 0 Å². The Bertz CT molecular complexity index is 308. The largest absolute Gasteiger partial charge is 0.215 e. The van der Waals surface area contributed by atoms with E-state index in [1.165, 1.54) is 0 Å². The molecule has 14 heavy (non-hydrogen) atoms. The molecule has 0 saturated heterocycles. The van der Waals surface area contributed by atoms with Gasteiger partial charge in [0.2, 0.25) is 0 Å². The highest BCUT2D eigenvalue weighted by Gasteiger charge is 2.15. The fraction of sp³-hybridized carbons (Fsp3) is 0.556. The van der Waals surface area contributed by atoms with Crippen molar-refractivity contribution in [3.05, 3.63) is 14.8 Å². The molecular formula is C9H12Br2N2S. The Morgan fingerprint density at radius 1 is 1.29 bits per heavy atom. The van der Waals surface area contributed by atoms with Crippen LogP contribution in [0.4, 0.5) is 0 Å². The van der Waals surface area contributed by atoms with Crippen LogP contribution in [0.2, 0.25) is 0 Å². The van der Waals surface area contributed by atoms with Crippen molar-refractivity contribution in [3.8, 4) is 0 Å². The van der Waals surface area contributed by atoms with E-state index in [4.69, 9.17) is 0 Å². The molecule has 1 aromatic heterocycles. The van der Waals surface area contributed by atoms with Crippen LogP contribution in [0.25, 0.3) is 0 Å². The number of hydrogen-bond donors (Lipinski definition) is 0. The lowest BCUT2D eigenvalue weighted by atomic mass is 10.0. The Kier molecular flexibility index (Phi) is 4.87. The Balaban J connectivity index is 3.18. The lowest BCUT2D eigenvalue weighted by Gasteiger charge is -2.12. The summed E-state index contributed by atoms with van der Waals surface area (Å²) in [5.74, 6) is 0.467. The lowest BCUT2D eigenvalue weighted by molar-refractivity contribution is 0.702. The molecule has 0 aliphatic carbocycles. The first-order valence-corrected chi connectivity index (χ1v) is 7.18. The second kappa shape index (κ2) is 5.47. The normalized spacial score (nSPS) is 12.9. The van der Waals surface area contributed by atoms with Crippen molar-refractivity contribution in [2.75, 3.05) is 6.26 Å². The lowest BCUT2D eigenvalue weighted by Crippen LogP contribution is -2.00. The van der Waals surface area contributed by atoms with Crippen LogP contribution in [0, 0.1) is 0 Å². The van der Waals surface area contributed by atoms with Gasteiger partial charge in [-0.2, -0.15) is 0 Å². The fourth-order valence-corrected chi connectivity index (χ4v) is 3.46. The third-order valence-electron chi connectivity index (χ3n) is 2.12. The van der Waals surface area contributed by atoms with Gasteiger partial charge in [-0.15, -0.1) is 0 Å². The van der Waals surface area contributed by atoms with Gasteiger partial charge in [-0.25, -0.2) is 9.97 Å². The van der Waals surface area contributed by atoms with Gasteiger partial charge in [-0.1, -0.05) is 25.6 Å². The zero-order valence-electron chi connectivity index (χ0n) is 8.34. The molecule has 0 amide bonds. The third kappa shape index (κ3) is 2.70. The molecule has 78 valence electrons. The molecule has 0 fully saturated rings. The predicted octanol–water partition coefficient (Wildman–Crippen LogP) is 4.24. The average Bonchev–Trinajstić information content (AvgIpc) is 2.16. The average molecular weight is 340 g/mol. The molecule has 0 spiro atoms. The Morgan fingerprint density at radius 2 is 1.79 bits per heavy atom. The molecule has 0 N–H and O–H groups in total. The topological polar surface area (TPSA) is 25.8 Å². The van der Waals surface area contributed by atoms with Crippen molar-refractivity contribution >= 4 is 43.6 Å². The number of hydrogen-bond acceptors (Lipinski definition) is 3. The Labute approximate surface area is 106 Å². The zero-order chi connectivity index (χ0) is 10.7. The summed E-state index contributed by atoms with van der Waals surface area (Å²) >= 11 is 8.51. The molecule has 0 radical (unpaired) electrons. The van der Waals surface area contributed by atoms with E-state index in [0.29, 0.717) is 5.92 Å². The maximum atomic E-state index is 4.36. The predicted molar refractivity (Wildman–Crippen MR) is 67.9 cm³/mol. The van der Waals surface area contributed by atoms with Crippen LogP contribution < -0.4 is 0 Å². The van der Waals surface area contributed by atoms with Crippen LogP contribution in [0.5, 0.6) is 0 Å². The summed E-state index contributed by atoms with van der Waals surface area (Å²) in [4.78, 5) is 8.72. The van der Waals surface area contributed by atoms with E-state index in [9.17, 15) is 0 Å². The van der Waals surface area contributed by atoms with Gasteiger partial charge >= 0.3 is 0 Å². The number of nitrogens with zero attached hydrogens (tertiary/aromatic N) is 2. The van der Waals surface area contributed by atoms with E-state index in [1.807, 2.05) is 6.26 Å². The van der Waals surface area contributed by atoms with Crippen LogP contribution >= 0.6 is 43.6 Å². The van der Waals surface area contributed by atoms with Gasteiger partial charge < -0.3 is 0 Å². The number of aromatic nitrogens is 2. The zero-order valence-corrected chi connectivity index (χ0v) is 12.3. The van der Waals surface area contributed by atoms with E-state index in [0.717, 1.165) is 26.3 Å². The van der Waals surface area contributed by atoms with Crippen LogP contribution in [0.3, 0.4) is 0 Å². The van der Waals surface area contributed by atoms with Crippen molar-refractivity contribution in [1.29, 1.82) is 0 Å². The molecule has 2 nitrogen and oxygen atoms in total. The molecule has 1 rings (SSSR count).